The summed E-state index contributed by atoms with van der Waals surface area (Å²) >= 11 is 5.94. The third-order valence-corrected chi connectivity index (χ3v) is 3.45. The van der Waals surface area contributed by atoms with Crippen molar-refractivity contribution in [2.24, 2.45) is 11.7 Å². The molecule has 1 saturated carbocycles. The predicted molar refractivity (Wildman–Crippen MR) is 56.0 cm³/mol. The number of rotatable bonds is 2. The van der Waals surface area contributed by atoms with Crippen LogP contribution in [-0.4, -0.2) is 6.54 Å². The molecule has 2 rings (SSSR count). The second-order valence-electron chi connectivity index (χ2n) is 3.98. The fraction of sp³-hybridized carbons (Fsp3) is 0.455. The van der Waals surface area contributed by atoms with Crippen LogP contribution in [0.2, 0.25) is 5.02 Å². The van der Waals surface area contributed by atoms with E-state index in [1.54, 1.807) is 0 Å². The Morgan fingerprint density at radius 1 is 1.62 bits per heavy atom. The first kappa shape index (κ1) is 9.04. The van der Waals surface area contributed by atoms with Gasteiger partial charge in [0.15, 0.2) is 0 Å². The summed E-state index contributed by atoms with van der Waals surface area (Å²) in [5, 5.41) is 0.810. The Kier molecular flexibility index (Phi) is 2.09. The minimum Gasteiger partial charge on any atom is -0.330 e. The molecular formula is C11H14ClN. The normalized spacial score (nSPS) is 31.8. The van der Waals surface area contributed by atoms with Gasteiger partial charge in [-0.3, -0.25) is 0 Å². The van der Waals surface area contributed by atoms with Crippen LogP contribution in [0.15, 0.2) is 24.3 Å². The van der Waals surface area contributed by atoms with Crippen LogP contribution in [0.5, 0.6) is 0 Å². The first-order chi connectivity index (χ1) is 6.19. The zero-order valence-corrected chi connectivity index (χ0v) is 8.51. The van der Waals surface area contributed by atoms with E-state index in [-0.39, 0.29) is 5.41 Å². The molecule has 1 aliphatic rings. The minimum absolute atomic E-state index is 0.227. The van der Waals surface area contributed by atoms with Crippen LogP contribution in [0.3, 0.4) is 0 Å². The third kappa shape index (κ3) is 1.36. The number of halogens is 1. The average Bonchev–Trinajstić information content (AvgIpc) is 2.78. The van der Waals surface area contributed by atoms with E-state index in [4.69, 9.17) is 17.3 Å². The molecule has 2 unspecified atom stereocenters. The molecule has 70 valence electrons. The zero-order valence-electron chi connectivity index (χ0n) is 7.76. The number of hydrogen-bond acceptors (Lipinski definition) is 1. The van der Waals surface area contributed by atoms with E-state index in [2.05, 4.69) is 13.0 Å². The highest BCUT2D eigenvalue weighted by atomic mass is 35.5. The maximum absolute atomic E-state index is 5.94. The van der Waals surface area contributed by atoms with E-state index in [0.717, 1.165) is 11.6 Å². The fourth-order valence-electron chi connectivity index (χ4n) is 2.09. The van der Waals surface area contributed by atoms with Gasteiger partial charge in [-0.05, 0) is 30.0 Å². The van der Waals surface area contributed by atoms with Gasteiger partial charge < -0.3 is 5.73 Å². The lowest BCUT2D eigenvalue weighted by Crippen LogP contribution is -2.21. The Balaban J connectivity index is 2.35. The molecule has 2 atom stereocenters. The molecule has 0 bridgehead atoms. The summed E-state index contributed by atoms with van der Waals surface area (Å²) in [6, 6.07) is 8.07. The van der Waals surface area contributed by atoms with Crippen LogP contribution in [0.25, 0.3) is 0 Å². The Hall–Kier alpha value is -0.530. The maximum atomic E-state index is 5.94. The molecule has 0 radical (unpaired) electrons. The number of benzene rings is 1. The van der Waals surface area contributed by atoms with Crippen LogP contribution >= 0.6 is 11.6 Å². The largest absolute Gasteiger partial charge is 0.330 e. The van der Waals surface area contributed by atoms with Crippen LogP contribution < -0.4 is 5.73 Å². The first-order valence-electron chi connectivity index (χ1n) is 4.65. The van der Waals surface area contributed by atoms with Gasteiger partial charge in [-0.15, -0.1) is 0 Å². The highest BCUT2D eigenvalue weighted by Crippen LogP contribution is 2.53. The standard InChI is InChI=1S/C11H14ClN/c1-8-6-11(8,7-13)9-3-2-4-10(12)5-9/h2-5,8H,6-7,13H2,1H3. The lowest BCUT2D eigenvalue weighted by atomic mass is 9.94. The maximum Gasteiger partial charge on any atom is 0.0408 e. The van der Waals surface area contributed by atoms with Gasteiger partial charge in [0.2, 0.25) is 0 Å². The van der Waals surface area contributed by atoms with Gasteiger partial charge in [-0.25, -0.2) is 0 Å². The molecular weight excluding hydrogens is 182 g/mol. The Morgan fingerprint density at radius 2 is 2.31 bits per heavy atom. The summed E-state index contributed by atoms with van der Waals surface area (Å²) < 4.78 is 0. The van der Waals surface area contributed by atoms with E-state index in [1.165, 1.54) is 12.0 Å². The highest BCUT2D eigenvalue weighted by molar-refractivity contribution is 6.30. The highest BCUT2D eigenvalue weighted by Gasteiger charge is 2.50. The smallest absolute Gasteiger partial charge is 0.0408 e. The van der Waals surface area contributed by atoms with Crippen LogP contribution in [0.4, 0.5) is 0 Å². The summed E-state index contributed by atoms with van der Waals surface area (Å²) in [7, 11) is 0. The van der Waals surface area contributed by atoms with E-state index < -0.39 is 0 Å². The Labute approximate surface area is 83.9 Å². The molecule has 2 N–H and O–H groups in total. The van der Waals surface area contributed by atoms with Gasteiger partial charge in [0.05, 0.1) is 0 Å². The van der Waals surface area contributed by atoms with Crippen molar-refractivity contribution in [3.63, 3.8) is 0 Å². The van der Waals surface area contributed by atoms with E-state index >= 15 is 0 Å². The Bertz CT molecular complexity index is 320. The van der Waals surface area contributed by atoms with Crippen LogP contribution in [0.1, 0.15) is 18.9 Å². The van der Waals surface area contributed by atoms with Gasteiger partial charge in [0.1, 0.15) is 0 Å². The molecule has 1 fully saturated rings. The Morgan fingerprint density at radius 3 is 2.77 bits per heavy atom. The fourth-order valence-corrected chi connectivity index (χ4v) is 2.28. The minimum atomic E-state index is 0.227. The molecule has 13 heavy (non-hydrogen) atoms. The summed E-state index contributed by atoms with van der Waals surface area (Å²) in [5.41, 5.74) is 7.33. The van der Waals surface area contributed by atoms with Crippen molar-refractivity contribution in [2.75, 3.05) is 6.54 Å². The second-order valence-corrected chi connectivity index (χ2v) is 4.41. The van der Waals surface area contributed by atoms with Gasteiger partial charge in [-0.2, -0.15) is 0 Å². The monoisotopic (exact) mass is 195 g/mol. The second kappa shape index (κ2) is 3.00. The molecule has 1 aromatic rings. The van der Waals surface area contributed by atoms with Crippen molar-refractivity contribution < 1.29 is 0 Å². The summed E-state index contributed by atoms with van der Waals surface area (Å²) in [6.45, 7) is 2.97. The van der Waals surface area contributed by atoms with Crippen molar-refractivity contribution in [1.82, 2.24) is 0 Å². The van der Waals surface area contributed by atoms with Crippen LogP contribution in [0, 0.1) is 5.92 Å². The van der Waals surface area contributed by atoms with Crippen molar-refractivity contribution in [1.29, 1.82) is 0 Å². The van der Waals surface area contributed by atoms with Gasteiger partial charge in [0.25, 0.3) is 0 Å². The summed E-state index contributed by atoms with van der Waals surface area (Å²) in [5.74, 6) is 0.705. The quantitative estimate of drug-likeness (QED) is 0.772. The molecule has 0 saturated heterocycles. The number of hydrogen-bond donors (Lipinski definition) is 1. The first-order valence-corrected chi connectivity index (χ1v) is 5.03. The molecule has 0 heterocycles. The van der Waals surface area contributed by atoms with Crippen molar-refractivity contribution >= 4 is 11.6 Å². The van der Waals surface area contributed by atoms with Gasteiger partial charge in [-0.1, -0.05) is 30.7 Å². The molecule has 0 amide bonds. The molecule has 2 heteroatoms. The zero-order chi connectivity index (χ0) is 9.47. The molecule has 0 aromatic heterocycles. The van der Waals surface area contributed by atoms with Crippen molar-refractivity contribution in [3.8, 4) is 0 Å². The van der Waals surface area contributed by atoms with Crippen molar-refractivity contribution in [2.45, 2.75) is 18.8 Å². The van der Waals surface area contributed by atoms with E-state index in [0.29, 0.717) is 5.92 Å². The average molecular weight is 196 g/mol. The lowest BCUT2D eigenvalue weighted by molar-refractivity contribution is 0.641. The van der Waals surface area contributed by atoms with Crippen LogP contribution in [-0.2, 0) is 5.41 Å². The van der Waals surface area contributed by atoms with Gasteiger partial charge in [0, 0.05) is 17.0 Å². The third-order valence-electron chi connectivity index (χ3n) is 3.22. The topological polar surface area (TPSA) is 26.0 Å². The lowest BCUT2D eigenvalue weighted by Gasteiger charge is -2.14. The SMILES string of the molecule is CC1CC1(CN)c1cccc(Cl)c1. The molecule has 1 aliphatic carbocycles. The predicted octanol–water partition coefficient (Wildman–Crippen LogP) is 2.58. The van der Waals surface area contributed by atoms with Gasteiger partial charge >= 0.3 is 0 Å². The summed E-state index contributed by atoms with van der Waals surface area (Å²) in [6.07, 6.45) is 1.20. The molecule has 1 aromatic carbocycles. The number of nitrogens with two attached hydrogens (primary N) is 1. The molecule has 0 spiro atoms. The van der Waals surface area contributed by atoms with Crippen molar-refractivity contribution in [3.05, 3.63) is 34.9 Å². The molecule has 0 aliphatic heterocycles. The van der Waals surface area contributed by atoms with E-state index in [1.807, 2.05) is 18.2 Å². The van der Waals surface area contributed by atoms with E-state index in [9.17, 15) is 0 Å². The molecule has 1 nitrogen and oxygen atoms in total. The summed E-state index contributed by atoms with van der Waals surface area (Å²) in [4.78, 5) is 0.